The molecule has 1 aromatic carbocycles. The molecule has 1 aromatic heterocycles. The van der Waals surface area contributed by atoms with Crippen LogP contribution in [0, 0.1) is 16.4 Å². The van der Waals surface area contributed by atoms with E-state index in [1.807, 2.05) is 0 Å². The third kappa shape index (κ3) is 1.68. The van der Waals surface area contributed by atoms with E-state index in [4.69, 9.17) is 12.2 Å². The molecule has 1 saturated heterocycles. The lowest BCUT2D eigenvalue weighted by Gasteiger charge is -2.11. The van der Waals surface area contributed by atoms with Gasteiger partial charge in [-0.2, -0.15) is 0 Å². The first-order chi connectivity index (χ1) is 9.40. The quantitative estimate of drug-likeness (QED) is 0.646. The number of aromatic amines is 1. The number of carbonyl (C=O) groups is 2. The number of fused-ring (bicyclic) bond motifs is 1. The van der Waals surface area contributed by atoms with Crippen molar-refractivity contribution in [2.75, 3.05) is 7.05 Å². The van der Waals surface area contributed by atoms with Crippen LogP contribution in [0.25, 0.3) is 11.0 Å². The first-order valence-electron chi connectivity index (χ1n) is 5.80. The fraction of sp³-hybridized carbons (Fsp3) is 0.250. The monoisotopic (exact) mass is 297 g/mol. The Morgan fingerprint density at radius 1 is 1.35 bits per heavy atom. The van der Waals surface area contributed by atoms with E-state index in [0.717, 1.165) is 17.0 Å². The van der Waals surface area contributed by atoms with Gasteiger partial charge >= 0.3 is 0 Å². The third-order valence-corrected chi connectivity index (χ3v) is 3.71. The molecule has 1 atom stereocenters. The highest BCUT2D eigenvalue weighted by Crippen LogP contribution is 2.29. The van der Waals surface area contributed by atoms with Crippen LogP contribution < -0.4 is 0 Å². The number of nitrogens with zero attached hydrogens (tertiary/aromatic N) is 2. The molecule has 2 amide bonds. The van der Waals surface area contributed by atoms with E-state index in [9.17, 15) is 18.4 Å². The van der Waals surface area contributed by atoms with E-state index >= 15 is 0 Å². The molecule has 1 unspecified atom stereocenters. The van der Waals surface area contributed by atoms with Gasteiger partial charge in [-0.3, -0.25) is 14.5 Å². The van der Waals surface area contributed by atoms with Crippen molar-refractivity contribution >= 4 is 35.1 Å². The average Bonchev–Trinajstić information content (AvgIpc) is 2.82. The molecule has 20 heavy (non-hydrogen) atoms. The zero-order valence-electron chi connectivity index (χ0n) is 10.3. The topological polar surface area (TPSA) is 58.1 Å². The van der Waals surface area contributed by atoms with Gasteiger partial charge in [0.05, 0.1) is 11.9 Å². The molecule has 2 heterocycles. The van der Waals surface area contributed by atoms with E-state index < -0.39 is 23.6 Å². The minimum absolute atomic E-state index is 0.0196. The Morgan fingerprint density at radius 3 is 2.65 bits per heavy atom. The van der Waals surface area contributed by atoms with E-state index in [1.165, 1.54) is 11.6 Å². The Labute approximate surface area is 116 Å². The molecule has 104 valence electrons. The Kier molecular flexibility index (Phi) is 2.72. The lowest BCUT2D eigenvalue weighted by Crippen LogP contribution is -2.26. The molecule has 1 aliphatic heterocycles. The number of hydrogen-bond donors (Lipinski definition) is 1. The fourth-order valence-corrected chi connectivity index (χ4v) is 2.73. The van der Waals surface area contributed by atoms with Crippen molar-refractivity contribution in [1.82, 2.24) is 14.5 Å². The number of likely N-dealkylation sites (N-methyl/N-ethyl adjacent to an activating group) is 1. The van der Waals surface area contributed by atoms with Crippen molar-refractivity contribution in [2.24, 2.45) is 0 Å². The minimum Gasteiger partial charge on any atom is -0.328 e. The zero-order chi connectivity index (χ0) is 14.6. The van der Waals surface area contributed by atoms with Gasteiger partial charge in [0.15, 0.2) is 10.6 Å². The second-order valence-electron chi connectivity index (χ2n) is 4.59. The van der Waals surface area contributed by atoms with Gasteiger partial charge in [-0.05, 0) is 18.3 Å². The predicted octanol–water partition coefficient (Wildman–Crippen LogP) is 1.91. The molecule has 1 N–H and O–H groups in total. The van der Waals surface area contributed by atoms with Gasteiger partial charge in [0.25, 0.3) is 5.91 Å². The standard InChI is InChI=1S/C12H9F2N3O2S/c1-16-9(18)4-8(11(16)19)17-7-3-5(13)2-6(14)10(7)15-12(17)20/h2-3,8H,4H2,1H3,(H,15,20). The lowest BCUT2D eigenvalue weighted by atomic mass is 10.2. The number of rotatable bonds is 1. The summed E-state index contributed by atoms with van der Waals surface area (Å²) in [6.07, 6.45) is -0.0747. The second-order valence-corrected chi connectivity index (χ2v) is 4.98. The first-order valence-corrected chi connectivity index (χ1v) is 6.20. The SMILES string of the molecule is CN1C(=O)CC(n2c(=S)[nH]c3c(F)cc(F)cc32)C1=O. The van der Waals surface area contributed by atoms with Crippen LogP contribution in [0.15, 0.2) is 12.1 Å². The molecule has 3 rings (SSSR count). The van der Waals surface area contributed by atoms with E-state index in [1.54, 1.807) is 0 Å². The maximum atomic E-state index is 13.7. The van der Waals surface area contributed by atoms with Gasteiger partial charge < -0.3 is 9.55 Å². The molecule has 1 fully saturated rings. The van der Waals surface area contributed by atoms with Gasteiger partial charge in [-0.1, -0.05) is 0 Å². The van der Waals surface area contributed by atoms with Gasteiger partial charge in [0.1, 0.15) is 17.4 Å². The molecule has 0 spiro atoms. The van der Waals surface area contributed by atoms with Crippen LogP contribution >= 0.6 is 12.2 Å². The summed E-state index contributed by atoms with van der Waals surface area (Å²) in [4.78, 5) is 27.2. The highest BCUT2D eigenvalue weighted by molar-refractivity contribution is 7.71. The minimum atomic E-state index is -0.866. The van der Waals surface area contributed by atoms with Crippen LogP contribution in [-0.4, -0.2) is 33.3 Å². The van der Waals surface area contributed by atoms with E-state index in [-0.39, 0.29) is 28.1 Å². The average molecular weight is 297 g/mol. The summed E-state index contributed by atoms with van der Waals surface area (Å²) in [6.45, 7) is 0. The highest BCUT2D eigenvalue weighted by Gasteiger charge is 2.38. The van der Waals surface area contributed by atoms with Crippen molar-refractivity contribution in [3.05, 3.63) is 28.5 Å². The molecule has 0 radical (unpaired) electrons. The van der Waals surface area contributed by atoms with Crippen LogP contribution in [-0.2, 0) is 9.59 Å². The van der Waals surface area contributed by atoms with Gasteiger partial charge in [-0.15, -0.1) is 0 Å². The number of imidazole rings is 1. The number of H-pyrrole nitrogens is 1. The molecule has 8 heteroatoms. The summed E-state index contributed by atoms with van der Waals surface area (Å²) >= 11 is 5.06. The van der Waals surface area contributed by atoms with Crippen molar-refractivity contribution < 1.29 is 18.4 Å². The van der Waals surface area contributed by atoms with Gasteiger partial charge in [0.2, 0.25) is 5.91 Å². The number of likely N-dealkylation sites (tertiary alicyclic amines) is 1. The zero-order valence-corrected chi connectivity index (χ0v) is 11.1. The van der Waals surface area contributed by atoms with Crippen LogP contribution in [0.1, 0.15) is 12.5 Å². The van der Waals surface area contributed by atoms with Gasteiger partial charge in [0, 0.05) is 13.1 Å². The predicted molar refractivity (Wildman–Crippen MR) is 68.5 cm³/mol. The molecule has 0 bridgehead atoms. The number of imide groups is 1. The summed E-state index contributed by atoms with van der Waals surface area (Å²) in [7, 11) is 1.37. The molecular formula is C12H9F2N3O2S. The van der Waals surface area contributed by atoms with E-state index in [2.05, 4.69) is 4.98 Å². The summed E-state index contributed by atoms with van der Waals surface area (Å²) in [5.41, 5.74) is 0.153. The Balaban J connectivity index is 2.27. The Morgan fingerprint density at radius 2 is 2.05 bits per heavy atom. The van der Waals surface area contributed by atoms with Crippen molar-refractivity contribution in [1.29, 1.82) is 0 Å². The van der Waals surface area contributed by atoms with E-state index in [0.29, 0.717) is 0 Å². The number of aromatic nitrogens is 2. The Bertz CT molecular complexity index is 811. The summed E-state index contributed by atoms with van der Waals surface area (Å²) in [5.74, 6) is -2.37. The number of amides is 2. The largest absolute Gasteiger partial charge is 0.328 e. The van der Waals surface area contributed by atoms with Crippen molar-refractivity contribution in [3.8, 4) is 0 Å². The number of hydrogen-bond acceptors (Lipinski definition) is 3. The van der Waals surface area contributed by atoms with Crippen LogP contribution in [0.4, 0.5) is 8.78 Å². The molecule has 5 nitrogen and oxygen atoms in total. The van der Waals surface area contributed by atoms with Crippen LogP contribution in [0.5, 0.6) is 0 Å². The number of benzene rings is 1. The number of nitrogens with one attached hydrogen (secondary N) is 1. The summed E-state index contributed by atoms with van der Waals surface area (Å²) in [6, 6.07) is 0.946. The van der Waals surface area contributed by atoms with Crippen LogP contribution in [0.2, 0.25) is 0 Å². The van der Waals surface area contributed by atoms with Crippen molar-refractivity contribution in [2.45, 2.75) is 12.5 Å². The normalized spacial score (nSPS) is 19.4. The molecule has 0 aliphatic carbocycles. The smallest absolute Gasteiger partial charge is 0.252 e. The highest BCUT2D eigenvalue weighted by atomic mass is 32.1. The molecular weight excluding hydrogens is 288 g/mol. The van der Waals surface area contributed by atoms with Crippen LogP contribution in [0.3, 0.4) is 0 Å². The number of carbonyl (C=O) groups excluding carboxylic acids is 2. The fourth-order valence-electron chi connectivity index (χ4n) is 2.40. The second kappa shape index (κ2) is 4.20. The van der Waals surface area contributed by atoms with Gasteiger partial charge in [-0.25, -0.2) is 8.78 Å². The Hall–Kier alpha value is -2.09. The third-order valence-electron chi connectivity index (χ3n) is 3.41. The maximum absolute atomic E-state index is 13.7. The van der Waals surface area contributed by atoms with Crippen molar-refractivity contribution in [3.63, 3.8) is 0 Å². The molecule has 0 saturated carbocycles. The number of halogens is 2. The molecule has 1 aliphatic rings. The summed E-state index contributed by atoms with van der Waals surface area (Å²) < 4.78 is 28.4. The first kappa shape index (κ1) is 12.9. The lowest BCUT2D eigenvalue weighted by molar-refractivity contribution is -0.137. The molecule has 2 aromatic rings. The summed E-state index contributed by atoms with van der Waals surface area (Å²) in [5, 5.41) is 0. The maximum Gasteiger partial charge on any atom is 0.252 e.